The molecule has 1 heterocycles. The number of halogens is 1. The highest BCUT2D eigenvalue weighted by Gasteiger charge is 2.22. The lowest BCUT2D eigenvalue weighted by molar-refractivity contribution is -0.117. The molecule has 3 rings (SSSR count). The normalized spacial score (nSPS) is 12.5. The summed E-state index contributed by atoms with van der Waals surface area (Å²) < 4.78 is 29.5. The number of hydrogen-bond donors (Lipinski definition) is 2. The van der Waals surface area contributed by atoms with Crippen molar-refractivity contribution < 1.29 is 13.2 Å². The Kier molecular flexibility index (Phi) is 6.22. The average Bonchev–Trinajstić information content (AvgIpc) is 3.11. The molecule has 0 saturated carbocycles. The number of sulfonamides is 1. The van der Waals surface area contributed by atoms with Crippen LogP contribution in [0.2, 0.25) is 0 Å². The molecule has 2 N–H and O–H groups in total. The van der Waals surface area contributed by atoms with Crippen LogP contribution in [0.1, 0.15) is 12.5 Å². The summed E-state index contributed by atoms with van der Waals surface area (Å²) in [5.41, 5.74) is 1.02. The zero-order valence-electron chi connectivity index (χ0n) is 14.9. The van der Waals surface area contributed by atoms with Crippen LogP contribution in [0.15, 0.2) is 70.3 Å². The first-order chi connectivity index (χ1) is 13.3. The fourth-order valence-corrected chi connectivity index (χ4v) is 3.87. The molecule has 3 aromatic rings. The third-order valence-electron chi connectivity index (χ3n) is 3.81. The van der Waals surface area contributed by atoms with Gasteiger partial charge in [-0.3, -0.25) is 10.1 Å². The molecule has 0 spiro atoms. The van der Waals surface area contributed by atoms with Crippen LogP contribution in [0.25, 0.3) is 0 Å². The molecule has 8 nitrogen and oxygen atoms in total. The zero-order chi connectivity index (χ0) is 20.1. The van der Waals surface area contributed by atoms with Gasteiger partial charge in [0.15, 0.2) is 0 Å². The van der Waals surface area contributed by atoms with Gasteiger partial charge in [0.1, 0.15) is 6.33 Å². The second kappa shape index (κ2) is 8.63. The van der Waals surface area contributed by atoms with Crippen LogP contribution in [0.5, 0.6) is 0 Å². The van der Waals surface area contributed by atoms with Crippen LogP contribution in [-0.2, 0) is 21.4 Å². The Bertz CT molecular complexity index is 1050. The van der Waals surface area contributed by atoms with Crippen LogP contribution < -0.4 is 10.0 Å². The molecule has 0 aliphatic rings. The minimum Gasteiger partial charge on any atom is -0.292 e. The van der Waals surface area contributed by atoms with E-state index in [-0.39, 0.29) is 10.8 Å². The van der Waals surface area contributed by atoms with E-state index in [1.54, 1.807) is 22.9 Å². The summed E-state index contributed by atoms with van der Waals surface area (Å²) in [5, 5.41) is 6.70. The van der Waals surface area contributed by atoms with Crippen molar-refractivity contribution in [2.24, 2.45) is 0 Å². The van der Waals surface area contributed by atoms with Gasteiger partial charge in [-0.25, -0.2) is 18.1 Å². The monoisotopic (exact) mass is 463 g/mol. The molecular formula is C18H18BrN5O3S. The minimum absolute atomic E-state index is 0.0894. The average molecular weight is 464 g/mol. The molecular weight excluding hydrogens is 446 g/mol. The third kappa shape index (κ3) is 5.24. The molecule has 1 atom stereocenters. The van der Waals surface area contributed by atoms with E-state index in [1.165, 1.54) is 25.4 Å². The SMILES string of the molecule is C[C@H](NS(=O)(=O)c1ccccc1)C(=O)Nc1ncn(Cc2ccc(Br)cc2)n1. The lowest BCUT2D eigenvalue weighted by Crippen LogP contribution is -2.41. The van der Waals surface area contributed by atoms with E-state index in [1.807, 2.05) is 24.3 Å². The maximum Gasteiger partial charge on any atom is 0.248 e. The van der Waals surface area contributed by atoms with E-state index < -0.39 is 22.0 Å². The van der Waals surface area contributed by atoms with Crippen LogP contribution in [0, 0.1) is 0 Å². The molecule has 0 fully saturated rings. The fourth-order valence-electron chi connectivity index (χ4n) is 2.38. The topological polar surface area (TPSA) is 106 Å². The van der Waals surface area contributed by atoms with Crippen molar-refractivity contribution in [1.82, 2.24) is 19.5 Å². The van der Waals surface area contributed by atoms with E-state index in [0.717, 1.165) is 10.0 Å². The molecule has 1 amide bonds. The first-order valence-corrected chi connectivity index (χ1v) is 10.6. The summed E-state index contributed by atoms with van der Waals surface area (Å²) in [6.07, 6.45) is 1.50. The van der Waals surface area contributed by atoms with Crippen LogP contribution in [-0.4, -0.2) is 35.1 Å². The van der Waals surface area contributed by atoms with Crippen LogP contribution in [0.4, 0.5) is 5.95 Å². The van der Waals surface area contributed by atoms with Gasteiger partial charge in [0.2, 0.25) is 21.9 Å². The maximum atomic E-state index is 12.3. The molecule has 28 heavy (non-hydrogen) atoms. The van der Waals surface area contributed by atoms with Crippen LogP contribution >= 0.6 is 15.9 Å². The smallest absolute Gasteiger partial charge is 0.248 e. The zero-order valence-corrected chi connectivity index (χ0v) is 17.3. The molecule has 10 heteroatoms. The van der Waals surface area contributed by atoms with Crippen molar-refractivity contribution in [3.05, 3.63) is 71.0 Å². The number of nitrogens with zero attached hydrogens (tertiary/aromatic N) is 3. The van der Waals surface area contributed by atoms with Gasteiger partial charge >= 0.3 is 0 Å². The van der Waals surface area contributed by atoms with Gasteiger partial charge in [0, 0.05) is 4.47 Å². The Hall–Kier alpha value is -2.56. The van der Waals surface area contributed by atoms with E-state index in [0.29, 0.717) is 6.54 Å². The molecule has 146 valence electrons. The molecule has 0 bridgehead atoms. The van der Waals surface area contributed by atoms with Gasteiger partial charge < -0.3 is 0 Å². The number of nitrogens with one attached hydrogen (secondary N) is 2. The highest BCUT2D eigenvalue weighted by molar-refractivity contribution is 9.10. The number of carbonyl (C=O) groups is 1. The molecule has 0 unspecified atom stereocenters. The number of anilines is 1. The molecule has 2 aromatic carbocycles. The van der Waals surface area contributed by atoms with Crippen molar-refractivity contribution in [2.45, 2.75) is 24.4 Å². The second-order valence-electron chi connectivity index (χ2n) is 6.04. The summed E-state index contributed by atoms with van der Waals surface area (Å²) >= 11 is 3.38. The Morgan fingerprint density at radius 1 is 1.14 bits per heavy atom. The van der Waals surface area contributed by atoms with E-state index in [2.05, 4.69) is 36.1 Å². The van der Waals surface area contributed by atoms with Gasteiger partial charge in [-0.2, -0.15) is 4.72 Å². The Morgan fingerprint density at radius 3 is 2.50 bits per heavy atom. The number of aromatic nitrogens is 3. The van der Waals surface area contributed by atoms with Crippen molar-refractivity contribution in [1.29, 1.82) is 0 Å². The number of rotatable bonds is 7. The first-order valence-electron chi connectivity index (χ1n) is 8.35. The van der Waals surface area contributed by atoms with E-state index in [4.69, 9.17) is 0 Å². The number of benzene rings is 2. The Morgan fingerprint density at radius 2 is 1.82 bits per heavy atom. The second-order valence-corrected chi connectivity index (χ2v) is 8.67. The third-order valence-corrected chi connectivity index (χ3v) is 5.89. The molecule has 0 saturated heterocycles. The van der Waals surface area contributed by atoms with Crippen molar-refractivity contribution in [3.63, 3.8) is 0 Å². The summed E-state index contributed by atoms with van der Waals surface area (Å²) in [4.78, 5) is 16.4. The largest absolute Gasteiger partial charge is 0.292 e. The lowest BCUT2D eigenvalue weighted by atomic mass is 10.2. The van der Waals surface area contributed by atoms with Crippen molar-refractivity contribution in [2.75, 3.05) is 5.32 Å². The predicted octanol–water partition coefficient (Wildman–Crippen LogP) is 2.39. The first kappa shape index (κ1) is 20.2. The molecule has 0 radical (unpaired) electrons. The van der Waals surface area contributed by atoms with E-state index in [9.17, 15) is 13.2 Å². The molecule has 0 aliphatic carbocycles. The standard InChI is InChI=1S/C18H18BrN5O3S/c1-13(23-28(26,27)16-5-3-2-4-6-16)17(25)21-18-20-12-24(22-18)11-14-7-9-15(19)10-8-14/h2-10,12-13,23H,11H2,1H3,(H,21,22,25)/t13-/m0/s1. The highest BCUT2D eigenvalue weighted by atomic mass is 79.9. The highest BCUT2D eigenvalue weighted by Crippen LogP contribution is 2.12. The predicted molar refractivity (Wildman–Crippen MR) is 108 cm³/mol. The van der Waals surface area contributed by atoms with Gasteiger partial charge in [-0.15, -0.1) is 5.10 Å². The lowest BCUT2D eigenvalue weighted by Gasteiger charge is -2.13. The van der Waals surface area contributed by atoms with Crippen molar-refractivity contribution in [3.8, 4) is 0 Å². The fraction of sp³-hybridized carbons (Fsp3) is 0.167. The Labute approximate surface area is 171 Å². The van der Waals surface area contributed by atoms with Gasteiger partial charge in [0.25, 0.3) is 0 Å². The summed E-state index contributed by atoms with van der Waals surface area (Å²) in [6, 6.07) is 14.6. The van der Waals surface area contributed by atoms with Gasteiger partial charge in [0.05, 0.1) is 17.5 Å². The molecule has 1 aromatic heterocycles. The quantitative estimate of drug-likeness (QED) is 0.559. The van der Waals surface area contributed by atoms with Gasteiger partial charge in [-0.1, -0.05) is 46.3 Å². The summed E-state index contributed by atoms with van der Waals surface area (Å²) in [7, 11) is -3.80. The number of carbonyl (C=O) groups excluding carboxylic acids is 1. The summed E-state index contributed by atoms with van der Waals surface area (Å²) in [5.74, 6) is -0.450. The molecule has 0 aliphatic heterocycles. The van der Waals surface area contributed by atoms with Crippen molar-refractivity contribution >= 4 is 37.8 Å². The minimum atomic E-state index is -3.80. The summed E-state index contributed by atoms with van der Waals surface area (Å²) in [6.45, 7) is 1.95. The maximum absolute atomic E-state index is 12.3. The van der Waals surface area contributed by atoms with Gasteiger partial charge in [-0.05, 0) is 36.8 Å². The number of hydrogen-bond acceptors (Lipinski definition) is 5. The van der Waals surface area contributed by atoms with Crippen LogP contribution in [0.3, 0.4) is 0 Å². The van der Waals surface area contributed by atoms with E-state index >= 15 is 0 Å². The number of amides is 1. The Balaban J connectivity index is 1.60.